The van der Waals surface area contributed by atoms with Crippen LogP contribution < -0.4 is 5.73 Å². The van der Waals surface area contributed by atoms with Gasteiger partial charge in [0.15, 0.2) is 0 Å². The zero-order chi connectivity index (χ0) is 12.7. The molecule has 3 rings (SSSR count). The third-order valence-corrected chi connectivity index (χ3v) is 4.23. The Labute approximate surface area is 116 Å². The lowest BCUT2D eigenvalue weighted by Gasteiger charge is -2.13. The second-order valence-corrected chi connectivity index (χ2v) is 5.58. The summed E-state index contributed by atoms with van der Waals surface area (Å²) in [6.45, 7) is 0. The van der Waals surface area contributed by atoms with Crippen molar-refractivity contribution in [2.24, 2.45) is 0 Å². The maximum absolute atomic E-state index is 6.30. The smallest absolute Gasteiger partial charge is 0.0927 e. The molecule has 0 aliphatic heterocycles. The average Bonchev–Trinajstić information content (AvgIpc) is 2.59. The van der Waals surface area contributed by atoms with Crippen molar-refractivity contribution >= 4 is 39.8 Å². The number of anilines is 1. The summed E-state index contributed by atoms with van der Waals surface area (Å²) in [6, 6.07) is 3.56. The Morgan fingerprint density at radius 3 is 2.56 bits per heavy atom. The van der Waals surface area contributed by atoms with Gasteiger partial charge in [0.1, 0.15) is 0 Å². The van der Waals surface area contributed by atoms with Gasteiger partial charge in [0.2, 0.25) is 0 Å². The van der Waals surface area contributed by atoms with Crippen molar-refractivity contribution in [2.75, 3.05) is 5.73 Å². The van der Waals surface area contributed by atoms with Crippen LogP contribution in [-0.2, 0) is 12.8 Å². The minimum atomic E-state index is 0.619. The Bertz CT molecular complexity index is 623. The second kappa shape index (κ2) is 4.60. The van der Waals surface area contributed by atoms with Gasteiger partial charge in [-0.25, -0.2) is 0 Å². The van der Waals surface area contributed by atoms with E-state index in [1.165, 1.54) is 24.8 Å². The summed E-state index contributed by atoms with van der Waals surface area (Å²) in [6.07, 6.45) is 5.55. The zero-order valence-electron chi connectivity index (χ0n) is 9.97. The second-order valence-electron chi connectivity index (χ2n) is 4.76. The average molecular weight is 281 g/mol. The highest BCUT2D eigenvalue weighted by Gasteiger charge is 2.18. The predicted octanol–water partition coefficient (Wildman–Crippen LogP) is 4.39. The van der Waals surface area contributed by atoms with E-state index < -0.39 is 0 Å². The maximum Gasteiger partial charge on any atom is 0.0927 e. The maximum atomic E-state index is 6.30. The number of aryl methyl sites for hydroxylation is 1. The molecule has 2 aromatic rings. The number of nitrogens with two attached hydrogens (primary N) is 1. The fourth-order valence-electron chi connectivity index (χ4n) is 2.67. The number of hydrogen-bond acceptors (Lipinski definition) is 2. The van der Waals surface area contributed by atoms with Gasteiger partial charge in [-0.15, -0.1) is 0 Å². The minimum absolute atomic E-state index is 0.619. The number of rotatable bonds is 0. The molecule has 1 heterocycles. The fourth-order valence-corrected chi connectivity index (χ4v) is 3.13. The lowest BCUT2D eigenvalue weighted by atomic mass is 10.0. The van der Waals surface area contributed by atoms with Crippen LogP contribution in [0.5, 0.6) is 0 Å². The molecule has 0 fully saturated rings. The number of benzene rings is 1. The first-order valence-corrected chi connectivity index (χ1v) is 6.99. The third kappa shape index (κ3) is 1.84. The Morgan fingerprint density at radius 2 is 1.72 bits per heavy atom. The van der Waals surface area contributed by atoms with E-state index in [0.717, 1.165) is 35.1 Å². The largest absolute Gasteiger partial charge is 0.398 e. The summed E-state index contributed by atoms with van der Waals surface area (Å²) in [5.74, 6) is 0. The fraction of sp³-hybridized carbons (Fsp3) is 0.357. The van der Waals surface area contributed by atoms with Crippen LogP contribution in [-0.4, -0.2) is 4.98 Å². The molecule has 1 aliphatic carbocycles. The van der Waals surface area contributed by atoms with E-state index in [2.05, 4.69) is 0 Å². The lowest BCUT2D eigenvalue weighted by Crippen LogP contribution is -2.03. The summed E-state index contributed by atoms with van der Waals surface area (Å²) in [5.41, 5.74) is 10.1. The van der Waals surface area contributed by atoms with Crippen LogP contribution >= 0.6 is 23.2 Å². The van der Waals surface area contributed by atoms with Gasteiger partial charge in [-0.05, 0) is 43.4 Å². The molecule has 0 radical (unpaired) electrons. The molecule has 4 heteroatoms. The van der Waals surface area contributed by atoms with E-state index in [0.29, 0.717) is 10.0 Å². The number of fused-ring (bicyclic) bond motifs is 2. The lowest BCUT2D eigenvalue weighted by molar-refractivity contribution is 0.709. The van der Waals surface area contributed by atoms with Gasteiger partial charge < -0.3 is 5.73 Å². The SMILES string of the molecule is Nc1c2c(nc3c(Cl)ccc(Cl)c13)CCCCC2. The molecular weight excluding hydrogens is 267 g/mol. The summed E-state index contributed by atoms with van der Waals surface area (Å²) in [7, 11) is 0. The monoisotopic (exact) mass is 280 g/mol. The molecule has 0 bridgehead atoms. The highest BCUT2D eigenvalue weighted by atomic mass is 35.5. The Balaban J connectivity index is 2.38. The molecule has 0 amide bonds. The van der Waals surface area contributed by atoms with Crippen molar-refractivity contribution in [3.8, 4) is 0 Å². The van der Waals surface area contributed by atoms with E-state index in [-0.39, 0.29) is 0 Å². The normalized spacial score (nSPS) is 15.4. The van der Waals surface area contributed by atoms with Crippen molar-refractivity contribution in [1.82, 2.24) is 4.98 Å². The van der Waals surface area contributed by atoms with E-state index in [4.69, 9.17) is 33.9 Å². The van der Waals surface area contributed by atoms with Gasteiger partial charge in [0, 0.05) is 16.8 Å². The number of nitrogens with zero attached hydrogens (tertiary/aromatic N) is 1. The number of aromatic nitrogens is 1. The highest BCUT2D eigenvalue weighted by Crippen LogP contribution is 2.37. The molecule has 0 atom stereocenters. The standard InChI is InChI=1S/C14H14Cl2N2/c15-9-6-7-10(16)14-12(9)13(17)8-4-2-1-3-5-11(8)18-14/h6-7H,1-5H2,(H2,17,18). The molecule has 1 aliphatic rings. The zero-order valence-corrected chi connectivity index (χ0v) is 11.5. The summed E-state index contributed by atoms with van der Waals surface area (Å²) in [4.78, 5) is 4.70. The van der Waals surface area contributed by atoms with Crippen LogP contribution in [0.1, 0.15) is 30.5 Å². The van der Waals surface area contributed by atoms with Crippen LogP contribution in [0, 0.1) is 0 Å². The molecule has 2 nitrogen and oxygen atoms in total. The Morgan fingerprint density at radius 1 is 1.00 bits per heavy atom. The van der Waals surface area contributed by atoms with Crippen LogP contribution in [0.2, 0.25) is 10.0 Å². The van der Waals surface area contributed by atoms with E-state index in [1.807, 2.05) is 0 Å². The van der Waals surface area contributed by atoms with Gasteiger partial charge >= 0.3 is 0 Å². The van der Waals surface area contributed by atoms with Crippen LogP contribution in [0.15, 0.2) is 12.1 Å². The summed E-state index contributed by atoms with van der Waals surface area (Å²) >= 11 is 12.4. The Hall–Kier alpha value is -0.990. The first kappa shape index (κ1) is 12.1. The number of pyridine rings is 1. The predicted molar refractivity (Wildman–Crippen MR) is 77.4 cm³/mol. The molecule has 1 aromatic heterocycles. The molecule has 2 N–H and O–H groups in total. The van der Waals surface area contributed by atoms with Crippen molar-refractivity contribution < 1.29 is 0 Å². The number of halogens is 2. The van der Waals surface area contributed by atoms with Crippen molar-refractivity contribution in [1.29, 1.82) is 0 Å². The minimum Gasteiger partial charge on any atom is -0.398 e. The van der Waals surface area contributed by atoms with Crippen molar-refractivity contribution in [3.63, 3.8) is 0 Å². The quantitative estimate of drug-likeness (QED) is 0.727. The number of nitrogen functional groups attached to an aromatic ring is 1. The van der Waals surface area contributed by atoms with Crippen molar-refractivity contribution in [3.05, 3.63) is 33.4 Å². The van der Waals surface area contributed by atoms with E-state index in [9.17, 15) is 0 Å². The molecule has 18 heavy (non-hydrogen) atoms. The molecule has 1 aromatic carbocycles. The molecule has 0 spiro atoms. The van der Waals surface area contributed by atoms with Gasteiger partial charge in [-0.3, -0.25) is 4.98 Å². The number of hydrogen-bond donors (Lipinski definition) is 1. The van der Waals surface area contributed by atoms with Crippen LogP contribution in [0.3, 0.4) is 0 Å². The topological polar surface area (TPSA) is 38.9 Å². The van der Waals surface area contributed by atoms with Gasteiger partial charge in [-0.2, -0.15) is 0 Å². The van der Waals surface area contributed by atoms with Gasteiger partial charge in [0.25, 0.3) is 0 Å². The first-order valence-electron chi connectivity index (χ1n) is 6.23. The third-order valence-electron chi connectivity index (χ3n) is 3.61. The first-order chi connectivity index (χ1) is 8.68. The summed E-state index contributed by atoms with van der Waals surface area (Å²) in [5, 5.41) is 2.06. The van der Waals surface area contributed by atoms with Crippen LogP contribution in [0.4, 0.5) is 5.69 Å². The Kier molecular flexibility index (Phi) is 3.08. The van der Waals surface area contributed by atoms with E-state index in [1.54, 1.807) is 12.1 Å². The summed E-state index contributed by atoms with van der Waals surface area (Å²) < 4.78 is 0. The molecule has 0 unspecified atom stereocenters. The molecule has 0 saturated heterocycles. The van der Waals surface area contributed by atoms with E-state index >= 15 is 0 Å². The molecule has 0 saturated carbocycles. The van der Waals surface area contributed by atoms with Crippen LogP contribution in [0.25, 0.3) is 10.9 Å². The highest BCUT2D eigenvalue weighted by molar-refractivity contribution is 6.40. The van der Waals surface area contributed by atoms with Crippen molar-refractivity contribution in [2.45, 2.75) is 32.1 Å². The van der Waals surface area contributed by atoms with Gasteiger partial charge in [-0.1, -0.05) is 29.6 Å². The molecule has 94 valence electrons. The molecular formula is C14H14Cl2N2. The van der Waals surface area contributed by atoms with Gasteiger partial charge in [0.05, 0.1) is 15.6 Å².